The van der Waals surface area contributed by atoms with E-state index < -0.39 is 0 Å². The highest BCUT2D eigenvalue weighted by Gasteiger charge is 2.35. The largest absolute Gasteiger partial charge is 0.492 e. The van der Waals surface area contributed by atoms with Crippen molar-refractivity contribution in [2.24, 2.45) is 5.92 Å². The Hall–Kier alpha value is -1.06. The summed E-state index contributed by atoms with van der Waals surface area (Å²) in [5.74, 6) is 1.90. The lowest BCUT2D eigenvalue weighted by Crippen LogP contribution is -2.50. The van der Waals surface area contributed by atoms with Gasteiger partial charge in [-0.05, 0) is 44.3 Å². The molecule has 2 aliphatic rings. The molecule has 0 aromatic heterocycles. The lowest BCUT2D eigenvalue weighted by Gasteiger charge is -2.44. The Kier molecular flexibility index (Phi) is 4.58. The van der Waals surface area contributed by atoms with Gasteiger partial charge in [0.1, 0.15) is 12.4 Å². The van der Waals surface area contributed by atoms with Crippen LogP contribution < -0.4 is 10.1 Å². The van der Waals surface area contributed by atoms with E-state index in [2.05, 4.69) is 41.4 Å². The van der Waals surface area contributed by atoms with Crippen molar-refractivity contribution < 1.29 is 4.74 Å². The molecule has 20 heavy (non-hydrogen) atoms. The van der Waals surface area contributed by atoms with Crippen molar-refractivity contribution in [1.82, 2.24) is 10.2 Å². The Bertz CT molecular complexity index is 435. The molecule has 0 saturated heterocycles. The number of para-hydroxylation sites is 1. The number of ether oxygens (including phenoxy) is 1. The molecule has 110 valence electrons. The molecule has 2 atom stereocenters. The minimum Gasteiger partial charge on any atom is -0.492 e. The zero-order valence-corrected chi connectivity index (χ0v) is 12.5. The van der Waals surface area contributed by atoms with E-state index in [4.69, 9.17) is 4.74 Å². The number of nitrogens with one attached hydrogen (secondary N) is 1. The number of rotatable bonds is 5. The zero-order valence-electron chi connectivity index (χ0n) is 12.5. The summed E-state index contributed by atoms with van der Waals surface area (Å²) in [6, 6.07) is 9.23. The molecule has 0 amide bonds. The van der Waals surface area contributed by atoms with Gasteiger partial charge in [0.15, 0.2) is 0 Å². The van der Waals surface area contributed by atoms with E-state index in [9.17, 15) is 0 Å². The Morgan fingerprint density at radius 2 is 2.20 bits per heavy atom. The molecule has 0 radical (unpaired) electrons. The summed E-state index contributed by atoms with van der Waals surface area (Å²) in [4.78, 5) is 2.63. The van der Waals surface area contributed by atoms with E-state index >= 15 is 0 Å². The summed E-state index contributed by atoms with van der Waals surface area (Å²) in [7, 11) is 0. The van der Waals surface area contributed by atoms with Gasteiger partial charge >= 0.3 is 0 Å². The van der Waals surface area contributed by atoms with Crippen molar-refractivity contribution in [3.63, 3.8) is 0 Å². The standard InChI is InChI=1S/C17H26N2O/c1-2-9-18-12-14-7-8-16(14)19-10-11-20-17-6-4-3-5-15(17)13-19/h3-6,14,16,18H,2,7-13H2,1H3. The molecule has 1 aromatic carbocycles. The Balaban J connectivity index is 1.60. The number of hydrogen-bond acceptors (Lipinski definition) is 3. The second-order valence-corrected chi connectivity index (χ2v) is 6.04. The molecule has 1 aliphatic heterocycles. The van der Waals surface area contributed by atoms with Gasteiger partial charge in [-0.3, -0.25) is 4.90 Å². The SMILES string of the molecule is CCCNCC1CCC1N1CCOc2ccccc2C1. The third kappa shape index (κ3) is 2.99. The van der Waals surface area contributed by atoms with Crippen LogP contribution >= 0.6 is 0 Å². The predicted octanol–water partition coefficient (Wildman–Crippen LogP) is 2.66. The summed E-state index contributed by atoms with van der Waals surface area (Å²) in [5.41, 5.74) is 1.34. The fraction of sp³-hybridized carbons (Fsp3) is 0.647. The Labute approximate surface area is 122 Å². The van der Waals surface area contributed by atoms with Crippen molar-refractivity contribution in [3.05, 3.63) is 29.8 Å². The minimum atomic E-state index is 0.745. The summed E-state index contributed by atoms with van der Waals surface area (Å²) >= 11 is 0. The first-order chi connectivity index (χ1) is 9.88. The Morgan fingerprint density at radius 3 is 3.00 bits per heavy atom. The van der Waals surface area contributed by atoms with Crippen molar-refractivity contribution in [2.45, 2.75) is 38.8 Å². The number of benzene rings is 1. The fourth-order valence-electron chi connectivity index (χ4n) is 3.36. The average molecular weight is 274 g/mol. The van der Waals surface area contributed by atoms with Gasteiger partial charge in [0.25, 0.3) is 0 Å². The number of nitrogens with zero attached hydrogens (tertiary/aromatic N) is 1. The molecule has 0 spiro atoms. The van der Waals surface area contributed by atoms with Crippen LogP contribution in [0.1, 0.15) is 31.7 Å². The first kappa shape index (κ1) is 13.9. The summed E-state index contributed by atoms with van der Waals surface area (Å²) in [5, 5.41) is 3.58. The fourth-order valence-corrected chi connectivity index (χ4v) is 3.36. The zero-order chi connectivity index (χ0) is 13.8. The quantitative estimate of drug-likeness (QED) is 0.836. The first-order valence-corrected chi connectivity index (χ1v) is 8.04. The molecule has 3 nitrogen and oxygen atoms in total. The van der Waals surface area contributed by atoms with Crippen LogP contribution in [0.25, 0.3) is 0 Å². The third-order valence-corrected chi connectivity index (χ3v) is 4.66. The second kappa shape index (κ2) is 6.59. The van der Waals surface area contributed by atoms with E-state index in [0.29, 0.717) is 0 Å². The molecule has 3 rings (SSSR count). The summed E-state index contributed by atoms with van der Waals surface area (Å²) < 4.78 is 5.87. The van der Waals surface area contributed by atoms with Crippen LogP contribution in [0.5, 0.6) is 5.75 Å². The molecule has 0 bridgehead atoms. The highest BCUT2D eigenvalue weighted by Crippen LogP contribution is 2.34. The second-order valence-electron chi connectivity index (χ2n) is 6.04. The van der Waals surface area contributed by atoms with Crippen LogP contribution in [0.3, 0.4) is 0 Å². The molecule has 1 saturated carbocycles. The van der Waals surface area contributed by atoms with Crippen molar-refractivity contribution >= 4 is 0 Å². The van der Waals surface area contributed by atoms with Gasteiger partial charge in [0, 0.05) is 24.7 Å². The van der Waals surface area contributed by atoms with Crippen LogP contribution in [0.4, 0.5) is 0 Å². The van der Waals surface area contributed by atoms with Gasteiger partial charge in [-0.15, -0.1) is 0 Å². The molecule has 1 heterocycles. The van der Waals surface area contributed by atoms with E-state index in [1.165, 1.54) is 31.4 Å². The van der Waals surface area contributed by atoms with Crippen LogP contribution in [0.15, 0.2) is 24.3 Å². The molecule has 2 unspecified atom stereocenters. The lowest BCUT2D eigenvalue weighted by molar-refractivity contribution is 0.0515. The topological polar surface area (TPSA) is 24.5 Å². The van der Waals surface area contributed by atoms with E-state index in [1.54, 1.807) is 0 Å². The van der Waals surface area contributed by atoms with Crippen LogP contribution in [0.2, 0.25) is 0 Å². The smallest absolute Gasteiger partial charge is 0.123 e. The van der Waals surface area contributed by atoms with Gasteiger partial charge < -0.3 is 10.1 Å². The van der Waals surface area contributed by atoms with Gasteiger partial charge in [0.05, 0.1) is 0 Å². The molecule has 1 fully saturated rings. The maximum Gasteiger partial charge on any atom is 0.123 e. The monoisotopic (exact) mass is 274 g/mol. The third-order valence-electron chi connectivity index (χ3n) is 4.66. The molecule has 1 N–H and O–H groups in total. The molecule has 1 aromatic rings. The molecular formula is C17H26N2O. The van der Waals surface area contributed by atoms with Gasteiger partial charge in [-0.1, -0.05) is 25.1 Å². The highest BCUT2D eigenvalue weighted by atomic mass is 16.5. The number of fused-ring (bicyclic) bond motifs is 1. The first-order valence-electron chi connectivity index (χ1n) is 8.04. The van der Waals surface area contributed by atoms with E-state index in [1.807, 2.05) is 0 Å². The summed E-state index contributed by atoms with van der Waals surface area (Å²) in [6.45, 7) is 7.48. The van der Waals surface area contributed by atoms with Crippen LogP contribution in [-0.4, -0.2) is 37.2 Å². The van der Waals surface area contributed by atoms with Crippen molar-refractivity contribution in [2.75, 3.05) is 26.2 Å². The van der Waals surface area contributed by atoms with Gasteiger partial charge in [0.2, 0.25) is 0 Å². The molecule has 1 aliphatic carbocycles. The lowest BCUT2D eigenvalue weighted by atomic mass is 9.78. The minimum absolute atomic E-state index is 0.745. The maximum absolute atomic E-state index is 5.87. The van der Waals surface area contributed by atoms with Crippen LogP contribution in [0, 0.1) is 5.92 Å². The molecule has 3 heteroatoms. The Morgan fingerprint density at radius 1 is 1.30 bits per heavy atom. The summed E-state index contributed by atoms with van der Waals surface area (Å²) in [6.07, 6.45) is 3.95. The van der Waals surface area contributed by atoms with E-state index in [0.717, 1.165) is 44.0 Å². The van der Waals surface area contributed by atoms with Crippen LogP contribution in [-0.2, 0) is 6.54 Å². The average Bonchev–Trinajstić information content (AvgIpc) is 2.64. The van der Waals surface area contributed by atoms with Gasteiger partial charge in [-0.25, -0.2) is 0 Å². The van der Waals surface area contributed by atoms with Gasteiger partial charge in [-0.2, -0.15) is 0 Å². The van der Waals surface area contributed by atoms with Crippen molar-refractivity contribution in [1.29, 1.82) is 0 Å². The highest BCUT2D eigenvalue weighted by molar-refractivity contribution is 5.33. The number of hydrogen-bond donors (Lipinski definition) is 1. The predicted molar refractivity (Wildman–Crippen MR) is 82.0 cm³/mol. The van der Waals surface area contributed by atoms with Crippen molar-refractivity contribution in [3.8, 4) is 5.75 Å². The normalized spacial score (nSPS) is 26.2. The molecular weight excluding hydrogens is 248 g/mol. The maximum atomic E-state index is 5.87. The van der Waals surface area contributed by atoms with E-state index in [-0.39, 0.29) is 0 Å².